The van der Waals surface area contributed by atoms with E-state index in [1.807, 2.05) is 4.90 Å². The number of hydrogen-bond donors (Lipinski definition) is 0. The molecule has 2 fully saturated rings. The Labute approximate surface area is 130 Å². The average Bonchev–Trinajstić information content (AvgIpc) is 2.50. The summed E-state index contributed by atoms with van der Waals surface area (Å²) in [6.45, 7) is 4.17. The molecule has 124 valence electrons. The summed E-state index contributed by atoms with van der Waals surface area (Å²) in [5.41, 5.74) is 0. The number of rotatable bonds is 5. The van der Waals surface area contributed by atoms with Crippen LogP contribution >= 0.6 is 0 Å². The third-order valence-corrected chi connectivity index (χ3v) is 4.04. The predicted molar refractivity (Wildman–Crippen MR) is 77.0 cm³/mol. The van der Waals surface area contributed by atoms with Crippen LogP contribution in [0.25, 0.3) is 0 Å². The molecule has 2 amide bonds. The molecule has 0 N–H and O–H groups in total. The lowest BCUT2D eigenvalue weighted by Crippen LogP contribution is -2.38. The van der Waals surface area contributed by atoms with Crippen molar-refractivity contribution in [2.24, 2.45) is 5.92 Å². The van der Waals surface area contributed by atoms with Crippen molar-refractivity contribution in [2.45, 2.75) is 51.9 Å². The molecule has 0 aromatic heterocycles. The van der Waals surface area contributed by atoms with Crippen molar-refractivity contribution in [3.8, 4) is 0 Å². The highest BCUT2D eigenvalue weighted by Crippen LogP contribution is 2.17. The van der Waals surface area contributed by atoms with Gasteiger partial charge in [0.2, 0.25) is 5.91 Å². The molecule has 2 aliphatic heterocycles. The molecule has 0 aliphatic carbocycles. The number of amides is 2. The second kappa shape index (κ2) is 8.12. The van der Waals surface area contributed by atoms with E-state index < -0.39 is 5.97 Å². The van der Waals surface area contributed by atoms with Gasteiger partial charge in [-0.15, -0.1) is 0 Å². The van der Waals surface area contributed by atoms with Crippen LogP contribution in [0, 0.1) is 5.92 Å². The van der Waals surface area contributed by atoms with Gasteiger partial charge in [-0.2, -0.15) is 0 Å². The van der Waals surface area contributed by atoms with Crippen LogP contribution in [0.15, 0.2) is 0 Å². The first kappa shape index (κ1) is 16.7. The molecule has 0 radical (unpaired) electrons. The predicted octanol–water partition coefficient (Wildman–Crippen LogP) is 1.43. The van der Waals surface area contributed by atoms with Crippen molar-refractivity contribution in [1.29, 1.82) is 0 Å². The monoisotopic (exact) mass is 312 g/mol. The molecule has 2 saturated heterocycles. The molecule has 0 aromatic carbocycles. The van der Waals surface area contributed by atoms with Crippen LogP contribution < -0.4 is 0 Å². The minimum Gasteiger partial charge on any atom is -0.343 e. The van der Waals surface area contributed by atoms with Crippen LogP contribution in [0.3, 0.4) is 0 Å². The van der Waals surface area contributed by atoms with E-state index >= 15 is 0 Å². The molecule has 2 heterocycles. The fourth-order valence-corrected chi connectivity index (χ4v) is 2.55. The fourth-order valence-electron chi connectivity index (χ4n) is 2.55. The standard InChI is InChI=1S/C15H24N2O5/c1-12-7-9-16(10-8-12)13(18)4-2-6-15(20)22-17-14(19)5-3-11-21-17/h12H,2-11H2,1H3. The molecule has 0 saturated carbocycles. The van der Waals surface area contributed by atoms with Crippen LogP contribution in [0.2, 0.25) is 0 Å². The maximum absolute atomic E-state index is 12.0. The van der Waals surface area contributed by atoms with Crippen molar-refractivity contribution in [2.75, 3.05) is 19.7 Å². The Bertz CT molecular complexity index is 418. The molecular weight excluding hydrogens is 288 g/mol. The number of hydrogen-bond acceptors (Lipinski definition) is 5. The van der Waals surface area contributed by atoms with Gasteiger partial charge >= 0.3 is 5.97 Å². The van der Waals surface area contributed by atoms with Crippen LogP contribution in [0.4, 0.5) is 0 Å². The van der Waals surface area contributed by atoms with Gasteiger partial charge in [0.15, 0.2) is 0 Å². The Kier molecular flexibility index (Phi) is 6.18. The molecule has 2 rings (SSSR count). The summed E-state index contributed by atoms with van der Waals surface area (Å²) in [7, 11) is 0. The van der Waals surface area contributed by atoms with E-state index in [4.69, 9.17) is 9.68 Å². The van der Waals surface area contributed by atoms with Crippen LogP contribution in [-0.4, -0.2) is 47.6 Å². The molecule has 2 aliphatic rings. The lowest BCUT2D eigenvalue weighted by Gasteiger charge is -2.30. The smallest absolute Gasteiger partial charge is 0.335 e. The number of nitrogens with zero attached hydrogens (tertiary/aromatic N) is 2. The molecule has 0 unspecified atom stereocenters. The minimum absolute atomic E-state index is 0.0880. The maximum atomic E-state index is 12.0. The van der Waals surface area contributed by atoms with Crippen molar-refractivity contribution in [3.63, 3.8) is 0 Å². The zero-order chi connectivity index (χ0) is 15.9. The number of hydroxylamine groups is 2. The van der Waals surface area contributed by atoms with Gasteiger partial charge in [0, 0.05) is 32.4 Å². The number of carbonyl (C=O) groups excluding carboxylic acids is 3. The highest BCUT2D eigenvalue weighted by atomic mass is 17.0. The summed E-state index contributed by atoms with van der Waals surface area (Å²) in [6.07, 6.45) is 3.90. The van der Waals surface area contributed by atoms with Crippen LogP contribution in [0.1, 0.15) is 51.9 Å². The Morgan fingerprint density at radius 3 is 2.68 bits per heavy atom. The van der Waals surface area contributed by atoms with E-state index in [1.54, 1.807) is 0 Å². The average molecular weight is 312 g/mol. The second-order valence-electron chi connectivity index (χ2n) is 5.97. The SMILES string of the molecule is CC1CCN(C(=O)CCCC(=O)ON2OCCCC2=O)CC1. The highest BCUT2D eigenvalue weighted by Gasteiger charge is 2.24. The van der Waals surface area contributed by atoms with Crippen molar-refractivity contribution in [3.05, 3.63) is 0 Å². The maximum Gasteiger partial charge on any atom is 0.335 e. The Balaban J connectivity index is 1.62. The van der Waals surface area contributed by atoms with Crippen LogP contribution in [-0.2, 0) is 24.1 Å². The van der Waals surface area contributed by atoms with E-state index in [0.29, 0.717) is 43.4 Å². The third-order valence-electron chi connectivity index (χ3n) is 4.04. The summed E-state index contributed by atoms with van der Waals surface area (Å²) in [5, 5.41) is 0.666. The fraction of sp³-hybridized carbons (Fsp3) is 0.800. The van der Waals surface area contributed by atoms with Crippen molar-refractivity contribution in [1.82, 2.24) is 10.1 Å². The molecule has 0 aromatic rings. The van der Waals surface area contributed by atoms with Crippen molar-refractivity contribution >= 4 is 17.8 Å². The Morgan fingerprint density at radius 1 is 1.27 bits per heavy atom. The minimum atomic E-state index is -0.546. The van der Waals surface area contributed by atoms with Gasteiger partial charge in [-0.05, 0) is 36.8 Å². The van der Waals surface area contributed by atoms with Gasteiger partial charge in [0.05, 0.1) is 6.61 Å². The zero-order valence-electron chi connectivity index (χ0n) is 13.1. The van der Waals surface area contributed by atoms with Crippen molar-refractivity contribution < 1.29 is 24.1 Å². The lowest BCUT2D eigenvalue weighted by atomic mass is 9.99. The van der Waals surface area contributed by atoms with E-state index in [0.717, 1.165) is 25.9 Å². The van der Waals surface area contributed by atoms with E-state index in [2.05, 4.69) is 6.92 Å². The molecule has 7 nitrogen and oxygen atoms in total. The Morgan fingerprint density at radius 2 is 2.00 bits per heavy atom. The van der Waals surface area contributed by atoms with Gasteiger partial charge < -0.3 is 9.74 Å². The van der Waals surface area contributed by atoms with E-state index in [-0.39, 0.29) is 18.2 Å². The molecule has 0 bridgehead atoms. The van der Waals surface area contributed by atoms with Gasteiger partial charge in [-0.25, -0.2) is 9.63 Å². The van der Waals surface area contributed by atoms with Gasteiger partial charge in [0.1, 0.15) is 0 Å². The molecule has 7 heteroatoms. The highest BCUT2D eigenvalue weighted by molar-refractivity contribution is 5.78. The summed E-state index contributed by atoms with van der Waals surface area (Å²) in [6, 6.07) is 0. The van der Waals surface area contributed by atoms with Gasteiger partial charge in [0.25, 0.3) is 5.91 Å². The topological polar surface area (TPSA) is 76.2 Å². The molecule has 0 spiro atoms. The Hall–Kier alpha value is -1.63. The molecular formula is C15H24N2O5. The number of carbonyl (C=O) groups is 3. The number of likely N-dealkylation sites (tertiary alicyclic amines) is 1. The second-order valence-corrected chi connectivity index (χ2v) is 5.97. The quantitative estimate of drug-likeness (QED) is 0.767. The summed E-state index contributed by atoms with van der Waals surface area (Å²) >= 11 is 0. The first-order chi connectivity index (χ1) is 10.6. The van der Waals surface area contributed by atoms with E-state index in [1.165, 1.54) is 0 Å². The summed E-state index contributed by atoms with van der Waals surface area (Å²) < 4.78 is 0. The molecule has 22 heavy (non-hydrogen) atoms. The third kappa shape index (κ3) is 4.98. The largest absolute Gasteiger partial charge is 0.343 e. The number of piperidine rings is 1. The zero-order valence-corrected chi connectivity index (χ0v) is 13.1. The van der Waals surface area contributed by atoms with Gasteiger partial charge in [-0.3, -0.25) is 9.59 Å². The summed E-state index contributed by atoms with van der Waals surface area (Å²) in [4.78, 5) is 46.7. The van der Waals surface area contributed by atoms with Crippen LogP contribution in [0.5, 0.6) is 0 Å². The first-order valence-electron chi connectivity index (χ1n) is 8.00. The normalized spacial score (nSPS) is 20.1. The lowest BCUT2D eigenvalue weighted by molar-refractivity contribution is -0.331. The molecule has 0 atom stereocenters. The first-order valence-corrected chi connectivity index (χ1v) is 8.00. The van der Waals surface area contributed by atoms with Gasteiger partial charge in [-0.1, -0.05) is 6.92 Å². The summed E-state index contributed by atoms with van der Waals surface area (Å²) in [5.74, 6) is -0.125. The van der Waals surface area contributed by atoms with E-state index in [9.17, 15) is 14.4 Å².